The van der Waals surface area contributed by atoms with E-state index in [1.54, 1.807) is 24.3 Å². The van der Waals surface area contributed by atoms with Crippen molar-refractivity contribution in [2.75, 3.05) is 12.4 Å². The Morgan fingerprint density at radius 1 is 1.07 bits per heavy atom. The SMILES string of the molecule is COc1cc2c(cc1NC(=O)Cc1ccccc1[N+](=O)[O-])oc1ccccc12. The summed E-state index contributed by atoms with van der Waals surface area (Å²) in [5.74, 6) is 0.0954. The second-order valence-corrected chi connectivity index (χ2v) is 6.26. The number of nitro benzene ring substituents is 1. The number of ether oxygens (including phenoxy) is 1. The van der Waals surface area contributed by atoms with Gasteiger partial charge in [0.05, 0.1) is 24.1 Å². The predicted octanol–water partition coefficient (Wildman–Crippen LogP) is 4.68. The fraction of sp³-hybridized carbons (Fsp3) is 0.0952. The topological polar surface area (TPSA) is 94.6 Å². The Labute approximate surface area is 159 Å². The molecule has 0 saturated carbocycles. The Morgan fingerprint density at radius 3 is 2.61 bits per heavy atom. The number of carbonyl (C=O) groups excluding carboxylic acids is 1. The summed E-state index contributed by atoms with van der Waals surface area (Å²) >= 11 is 0. The standard InChI is InChI=1S/C21H16N2O5/c1-27-20-11-15-14-7-3-5-9-18(14)28-19(15)12-16(20)22-21(24)10-13-6-2-4-8-17(13)23(25)26/h2-9,11-12H,10H2,1H3,(H,22,24). The van der Waals surface area contributed by atoms with Crippen LogP contribution in [0.4, 0.5) is 11.4 Å². The Morgan fingerprint density at radius 2 is 1.82 bits per heavy atom. The van der Waals surface area contributed by atoms with Gasteiger partial charge in [0.2, 0.25) is 5.91 Å². The second-order valence-electron chi connectivity index (χ2n) is 6.26. The Bertz CT molecular complexity index is 1210. The Hall–Kier alpha value is -3.87. The van der Waals surface area contributed by atoms with Crippen LogP contribution in [-0.2, 0) is 11.2 Å². The van der Waals surface area contributed by atoms with Gasteiger partial charge in [-0.1, -0.05) is 36.4 Å². The highest BCUT2D eigenvalue weighted by atomic mass is 16.6. The summed E-state index contributed by atoms with van der Waals surface area (Å²) in [5.41, 5.74) is 2.05. The van der Waals surface area contributed by atoms with Gasteiger partial charge in [0.15, 0.2) is 0 Å². The van der Waals surface area contributed by atoms with Crippen molar-refractivity contribution >= 4 is 39.2 Å². The number of para-hydroxylation sites is 2. The zero-order valence-electron chi connectivity index (χ0n) is 15.0. The van der Waals surface area contributed by atoms with E-state index in [1.807, 2.05) is 30.3 Å². The normalized spacial score (nSPS) is 10.9. The molecule has 0 aliphatic heterocycles. The summed E-state index contributed by atoms with van der Waals surface area (Å²) in [6.45, 7) is 0. The first-order chi connectivity index (χ1) is 13.6. The third-order valence-electron chi connectivity index (χ3n) is 4.51. The number of nitro groups is 1. The lowest BCUT2D eigenvalue weighted by molar-refractivity contribution is -0.385. The molecule has 1 heterocycles. The van der Waals surface area contributed by atoms with E-state index in [1.165, 1.54) is 13.2 Å². The van der Waals surface area contributed by atoms with Crippen LogP contribution in [0.5, 0.6) is 5.75 Å². The minimum Gasteiger partial charge on any atom is -0.495 e. The highest BCUT2D eigenvalue weighted by molar-refractivity contribution is 6.07. The second kappa shape index (κ2) is 7.03. The van der Waals surface area contributed by atoms with Crippen LogP contribution < -0.4 is 10.1 Å². The number of nitrogens with zero attached hydrogens (tertiary/aromatic N) is 1. The molecule has 0 bridgehead atoms. The van der Waals surface area contributed by atoms with Crippen LogP contribution in [0.1, 0.15) is 5.56 Å². The fourth-order valence-corrected chi connectivity index (χ4v) is 3.22. The minimum absolute atomic E-state index is 0.0858. The van der Waals surface area contributed by atoms with Gasteiger partial charge >= 0.3 is 0 Å². The highest BCUT2D eigenvalue weighted by Gasteiger charge is 2.18. The maximum Gasteiger partial charge on any atom is 0.273 e. The molecule has 4 rings (SSSR count). The van der Waals surface area contributed by atoms with E-state index in [0.717, 1.165) is 16.4 Å². The first kappa shape index (κ1) is 17.5. The number of nitrogens with one attached hydrogen (secondary N) is 1. The van der Waals surface area contributed by atoms with E-state index in [2.05, 4.69) is 5.32 Å². The largest absolute Gasteiger partial charge is 0.495 e. The number of amides is 1. The molecule has 28 heavy (non-hydrogen) atoms. The summed E-state index contributed by atoms with van der Waals surface area (Å²) in [6, 6.07) is 17.3. The van der Waals surface area contributed by atoms with Crippen molar-refractivity contribution in [1.29, 1.82) is 0 Å². The lowest BCUT2D eigenvalue weighted by atomic mass is 10.1. The molecular weight excluding hydrogens is 360 g/mol. The third-order valence-corrected chi connectivity index (χ3v) is 4.51. The summed E-state index contributed by atoms with van der Waals surface area (Å²) < 4.78 is 11.3. The Kier molecular flexibility index (Phi) is 4.41. The molecule has 0 radical (unpaired) electrons. The number of hydrogen-bond donors (Lipinski definition) is 1. The average Bonchev–Trinajstić information content (AvgIpc) is 3.04. The first-order valence-electron chi connectivity index (χ1n) is 8.58. The van der Waals surface area contributed by atoms with E-state index in [-0.39, 0.29) is 18.0 Å². The van der Waals surface area contributed by atoms with Gasteiger partial charge in [-0.05, 0) is 12.1 Å². The minimum atomic E-state index is -0.496. The van der Waals surface area contributed by atoms with Gasteiger partial charge in [0.25, 0.3) is 5.69 Å². The zero-order valence-corrected chi connectivity index (χ0v) is 15.0. The van der Waals surface area contributed by atoms with Crippen molar-refractivity contribution < 1.29 is 18.9 Å². The van der Waals surface area contributed by atoms with E-state index in [4.69, 9.17) is 9.15 Å². The summed E-state index contributed by atoms with van der Waals surface area (Å²) in [7, 11) is 1.52. The molecule has 0 aliphatic carbocycles. The van der Waals surface area contributed by atoms with Gasteiger partial charge in [-0.3, -0.25) is 14.9 Å². The summed E-state index contributed by atoms with van der Waals surface area (Å²) in [4.78, 5) is 23.2. The molecule has 1 aromatic heterocycles. The van der Waals surface area contributed by atoms with E-state index in [9.17, 15) is 14.9 Å². The molecular formula is C21H16N2O5. The van der Waals surface area contributed by atoms with Crippen molar-refractivity contribution in [3.8, 4) is 5.75 Å². The maximum absolute atomic E-state index is 12.5. The number of benzene rings is 3. The molecule has 0 fully saturated rings. The van der Waals surface area contributed by atoms with Crippen LogP contribution in [0.3, 0.4) is 0 Å². The average molecular weight is 376 g/mol. The molecule has 1 N–H and O–H groups in total. The van der Waals surface area contributed by atoms with Crippen molar-refractivity contribution in [3.63, 3.8) is 0 Å². The van der Waals surface area contributed by atoms with Gasteiger partial charge in [-0.25, -0.2) is 0 Å². The van der Waals surface area contributed by atoms with E-state index < -0.39 is 4.92 Å². The number of fused-ring (bicyclic) bond motifs is 3. The molecule has 0 atom stereocenters. The first-order valence-corrected chi connectivity index (χ1v) is 8.58. The molecule has 4 aromatic rings. The fourth-order valence-electron chi connectivity index (χ4n) is 3.22. The number of methoxy groups -OCH3 is 1. The molecule has 0 saturated heterocycles. The molecule has 7 nitrogen and oxygen atoms in total. The molecule has 0 unspecified atom stereocenters. The zero-order chi connectivity index (χ0) is 19.7. The number of anilines is 1. The lowest BCUT2D eigenvalue weighted by Crippen LogP contribution is -2.15. The highest BCUT2D eigenvalue weighted by Crippen LogP contribution is 2.36. The van der Waals surface area contributed by atoms with Crippen LogP contribution in [-0.4, -0.2) is 17.9 Å². The molecule has 0 aliphatic rings. The predicted molar refractivity (Wildman–Crippen MR) is 106 cm³/mol. The van der Waals surface area contributed by atoms with E-state index >= 15 is 0 Å². The molecule has 1 amide bonds. The quantitative estimate of drug-likeness (QED) is 0.403. The lowest BCUT2D eigenvalue weighted by Gasteiger charge is -2.10. The third kappa shape index (κ3) is 3.14. The van der Waals surface area contributed by atoms with Crippen molar-refractivity contribution in [2.45, 2.75) is 6.42 Å². The van der Waals surface area contributed by atoms with Crippen LogP contribution in [0.25, 0.3) is 21.9 Å². The van der Waals surface area contributed by atoms with Crippen molar-refractivity contribution in [3.05, 3.63) is 76.3 Å². The smallest absolute Gasteiger partial charge is 0.273 e. The van der Waals surface area contributed by atoms with Gasteiger partial charge in [-0.2, -0.15) is 0 Å². The van der Waals surface area contributed by atoms with Crippen molar-refractivity contribution in [2.24, 2.45) is 0 Å². The molecule has 7 heteroatoms. The van der Waals surface area contributed by atoms with E-state index in [0.29, 0.717) is 22.6 Å². The van der Waals surface area contributed by atoms with Gasteiger partial charge < -0.3 is 14.5 Å². The molecule has 140 valence electrons. The monoisotopic (exact) mass is 376 g/mol. The molecule has 0 spiro atoms. The Balaban J connectivity index is 1.66. The van der Waals surface area contributed by atoms with Crippen LogP contribution in [0, 0.1) is 10.1 Å². The summed E-state index contributed by atoms with van der Waals surface area (Å²) in [5, 5.41) is 15.7. The number of carbonyl (C=O) groups is 1. The number of hydrogen-bond acceptors (Lipinski definition) is 5. The van der Waals surface area contributed by atoms with Crippen LogP contribution in [0.15, 0.2) is 65.1 Å². The maximum atomic E-state index is 12.5. The van der Waals surface area contributed by atoms with Crippen LogP contribution in [0.2, 0.25) is 0 Å². The molecule has 3 aromatic carbocycles. The van der Waals surface area contributed by atoms with Gasteiger partial charge in [0.1, 0.15) is 16.9 Å². The number of furan rings is 1. The van der Waals surface area contributed by atoms with Crippen molar-refractivity contribution in [1.82, 2.24) is 0 Å². The van der Waals surface area contributed by atoms with Gasteiger partial charge in [-0.15, -0.1) is 0 Å². The number of rotatable bonds is 5. The summed E-state index contributed by atoms with van der Waals surface area (Å²) in [6.07, 6.45) is -0.127. The van der Waals surface area contributed by atoms with Gasteiger partial charge in [0, 0.05) is 28.5 Å². The van der Waals surface area contributed by atoms with Crippen LogP contribution >= 0.6 is 0 Å².